The molecule has 2 N–H and O–H groups in total. The van der Waals surface area contributed by atoms with Gasteiger partial charge in [0.25, 0.3) is 0 Å². The van der Waals surface area contributed by atoms with E-state index in [2.05, 4.69) is 33.9 Å². The zero-order valence-electron chi connectivity index (χ0n) is 14.6. The second-order valence-electron chi connectivity index (χ2n) is 6.44. The van der Waals surface area contributed by atoms with Crippen LogP contribution < -0.4 is 10.2 Å². The Labute approximate surface area is 157 Å². The molecule has 132 valence electrons. The molecule has 4 rings (SSSR count). The first-order valence-corrected chi connectivity index (χ1v) is 8.89. The maximum atomic E-state index is 10.4. The second-order valence-corrected chi connectivity index (χ2v) is 6.83. The number of rotatable bonds is 3. The number of phenolic OH excluding ortho intramolecular Hbond substituents is 1. The summed E-state index contributed by atoms with van der Waals surface area (Å²) in [6.45, 7) is 2.07. The van der Waals surface area contributed by atoms with Gasteiger partial charge in [-0.3, -0.25) is 4.98 Å². The van der Waals surface area contributed by atoms with Crippen LogP contribution in [0.25, 0.3) is 0 Å². The molecule has 26 heavy (non-hydrogen) atoms. The van der Waals surface area contributed by atoms with Crippen LogP contribution in [0.4, 0.5) is 5.69 Å². The summed E-state index contributed by atoms with van der Waals surface area (Å²) in [5.41, 5.74) is 3.87. The van der Waals surface area contributed by atoms with E-state index in [1.165, 1.54) is 0 Å². The fourth-order valence-corrected chi connectivity index (χ4v) is 3.85. The first-order valence-electron chi connectivity index (χ1n) is 8.49. The van der Waals surface area contributed by atoms with Crippen molar-refractivity contribution in [2.45, 2.75) is 19.0 Å². The van der Waals surface area contributed by atoms with Gasteiger partial charge in [-0.2, -0.15) is 0 Å². The highest BCUT2D eigenvalue weighted by Gasteiger charge is 2.42. The van der Waals surface area contributed by atoms with Crippen LogP contribution in [0.5, 0.6) is 5.75 Å². The zero-order chi connectivity index (χ0) is 18.3. The molecule has 0 radical (unpaired) electrons. The van der Waals surface area contributed by atoms with Gasteiger partial charge in [-0.25, -0.2) is 0 Å². The van der Waals surface area contributed by atoms with Crippen LogP contribution in [0, 0.1) is 6.92 Å². The molecule has 1 fully saturated rings. The number of thiocarbonyl (C=S) groups is 1. The highest BCUT2D eigenvalue weighted by molar-refractivity contribution is 7.80. The number of nitrogens with one attached hydrogen (secondary N) is 1. The van der Waals surface area contributed by atoms with E-state index >= 15 is 0 Å². The number of hydrogen-bond donors (Lipinski definition) is 2. The Morgan fingerprint density at radius 3 is 2.50 bits per heavy atom. The molecular formula is C20H20N4OS. The summed E-state index contributed by atoms with van der Waals surface area (Å²) in [4.78, 5) is 6.52. The minimum atomic E-state index is -0.121. The van der Waals surface area contributed by atoms with E-state index in [9.17, 15) is 5.11 Å². The molecule has 0 bridgehead atoms. The number of aryl methyl sites for hydroxylation is 1. The van der Waals surface area contributed by atoms with Gasteiger partial charge in [0.1, 0.15) is 11.8 Å². The molecule has 0 spiro atoms. The molecule has 0 amide bonds. The van der Waals surface area contributed by atoms with Crippen LogP contribution in [0.3, 0.4) is 0 Å². The number of aromatic hydroxyl groups is 1. The topological polar surface area (TPSA) is 53.3 Å². The fraction of sp³-hybridized carbons (Fsp3) is 0.200. The predicted molar refractivity (Wildman–Crippen MR) is 106 cm³/mol. The third kappa shape index (κ3) is 2.63. The van der Waals surface area contributed by atoms with E-state index in [1.54, 1.807) is 12.3 Å². The van der Waals surface area contributed by atoms with Crippen LogP contribution in [0.15, 0.2) is 60.8 Å². The Kier molecular flexibility index (Phi) is 4.12. The van der Waals surface area contributed by atoms with Gasteiger partial charge in [-0.15, -0.1) is 0 Å². The number of para-hydroxylation sites is 2. The summed E-state index contributed by atoms with van der Waals surface area (Å²) in [6.07, 6.45) is 1.79. The van der Waals surface area contributed by atoms with Crippen molar-refractivity contribution in [3.63, 3.8) is 0 Å². The van der Waals surface area contributed by atoms with Crippen LogP contribution in [0.1, 0.15) is 29.2 Å². The maximum Gasteiger partial charge on any atom is 0.174 e. The van der Waals surface area contributed by atoms with E-state index in [-0.39, 0.29) is 17.8 Å². The number of anilines is 1. The zero-order valence-corrected chi connectivity index (χ0v) is 15.4. The number of pyridine rings is 1. The third-order valence-electron chi connectivity index (χ3n) is 4.95. The minimum Gasteiger partial charge on any atom is -0.506 e. The van der Waals surface area contributed by atoms with Gasteiger partial charge in [0, 0.05) is 24.6 Å². The normalized spacial score (nSPS) is 19.6. The van der Waals surface area contributed by atoms with Crippen molar-refractivity contribution in [2.24, 2.45) is 7.05 Å². The fourth-order valence-electron chi connectivity index (χ4n) is 3.51. The van der Waals surface area contributed by atoms with E-state index in [4.69, 9.17) is 12.2 Å². The standard InChI is InChI=1S/C20H20N4OS/c1-13-10-11-16(23(13)2)19-18(14-7-5-6-12-21-14)22-20(26)24(19)15-8-3-4-9-17(15)25/h3-12,18-19,25H,1-2H3,(H,22,26)/t18-,19+/m0/s1. The van der Waals surface area contributed by atoms with E-state index < -0.39 is 0 Å². The highest BCUT2D eigenvalue weighted by Crippen LogP contribution is 2.44. The average Bonchev–Trinajstić information content (AvgIpc) is 3.16. The first-order chi connectivity index (χ1) is 12.6. The van der Waals surface area contributed by atoms with Crippen LogP contribution in [-0.4, -0.2) is 19.8 Å². The molecule has 2 atom stereocenters. The highest BCUT2D eigenvalue weighted by atomic mass is 32.1. The van der Waals surface area contributed by atoms with Crippen molar-refractivity contribution in [1.29, 1.82) is 0 Å². The van der Waals surface area contributed by atoms with Crippen molar-refractivity contribution in [3.8, 4) is 5.75 Å². The number of phenols is 1. The summed E-state index contributed by atoms with van der Waals surface area (Å²) in [5.74, 6) is 0.203. The van der Waals surface area contributed by atoms with Crippen molar-refractivity contribution in [2.75, 3.05) is 4.90 Å². The first kappa shape index (κ1) is 16.6. The largest absolute Gasteiger partial charge is 0.506 e. The summed E-state index contributed by atoms with van der Waals surface area (Å²) in [7, 11) is 2.05. The molecule has 1 aliphatic heterocycles. The molecule has 5 nitrogen and oxygen atoms in total. The monoisotopic (exact) mass is 364 g/mol. The van der Waals surface area contributed by atoms with Gasteiger partial charge in [-0.05, 0) is 55.5 Å². The molecule has 1 aromatic carbocycles. The van der Waals surface area contributed by atoms with Gasteiger partial charge in [0.2, 0.25) is 0 Å². The Balaban J connectivity index is 1.89. The SMILES string of the molecule is Cc1ccc([C@@H]2[C@H](c3ccccn3)NC(=S)N2c2ccccc2O)n1C. The van der Waals surface area contributed by atoms with Crippen molar-refractivity contribution < 1.29 is 5.11 Å². The van der Waals surface area contributed by atoms with Crippen molar-refractivity contribution >= 4 is 23.0 Å². The van der Waals surface area contributed by atoms with Gasteiger partial charge in [0.15, 0.2) is 5.11 Å². The Morgan fingerprint density at radius 1 is 1.08 bits per heavy atom. The van der Waals surface area contributed by atoms with E-state index in [1.807, 2.05) is 48.3 Å². The Bertz CT molecular complexity index is 953. The molecule has 3 aromatic rings. The van der Waals surface area contributed by atoms with Gasteiger partial charge < -0.3 is 19.9 Å². The van der Waals surface area contributed by atoms with Gasteiger partial charge in [0.05, 0.1) is 17.4 Å². The molecular weight excluding hydrogens is 344 g/mol. The number of nitrogens with zero attached hydrogens (tertiary/aromatic N) is 3. The predicted octanol–water partition coefficient (Wildman–Crippen LogP) is 3.61. The lowest BCUT2D eigenvalue weighted by atomic mass is 10.0. The van der Waals surface area contributed by atoms with Crippen LogP contribution in [0.2, 0.25) is 0 Å². The molecule has 0 unspecified atom stereocenters. The summed E-state index contributed by atoms with van der Waals surface area (Å²) >= 11 is 5.65. The Hall–Kier alpha value is -2.86. The van der Waals surface area contributed by atoms with E-state index in [0.29, 0.717) is 10.8 Å². The lowest BCUT2D eigenvalue weighted by molar-refractivity contribution is 0.471. The van der Waals surface area contributed by atoms with Crippen LogP contribution in [-0.2, 0) is 7.05 Å². The van der Waals surface area contributed by atoms with Gasteiger partial charge in [-0.1, -0.05) is 18.2 Å². The number of hydrogen-bond acceptors (Lipinski definition) is 3. The third-order valence-corrected chi connectivity index (χ3v) is 5.27. The molecule has 2 aromatic heterocycles. The second kappa shape index (κ2) is 6.46. The number of aromatic nitrogens is 2. The molecule has 3 heterocycles. The Morgan fingerprint density at radius 2 is 1.85 bits per heavy atom. The lowest BCUT2D eigenvalue weighted by Crippen LogP contribution is -2.30. The molecule has 0 aliphatic carbocycles. The number of benzene rings is 1. The van der Waals surface area contributed by atoms with Crippen molar-refractivity contribution in [1.82, 2.24) is 14.9 Å². The quantitative estimate of drug-likeness (QED) is 0.696. The average molecular weight is 364 g/mol. The summed E-state index contributed by atoms with van der Waals surface area (Å²) in [5, 5.41) is 14.4. The molecule has 1 aliphatic rings. The molecule has 0 saturated carbocycles. The van der Waals surface area contributed by atoms with Gasteiger partial charge >= 0.3 is 0 Å². The molecule has 6 heteroatoms. The molecule has 1 saturated heterocycles. The van der Waals surface area contributed by atoms with E-state index in [0.717, 1.165) is 17.1 Å². The summed E-state index contributed by atoms with van der Waals surface area (Å²) < 4.78 is 2.16. The smallest absolute Gasteiger partial charge is 0.174 e. The summed E-state index contributed by atoms with van der Waals surface area (Å²) in [6, 6.07) is 17.1. The lowest BCUT2D eigenvalue weighted by Gasteiger charge is -2.28. The maximum absolute atomic E-state index is 10.4. The van der Waals surface area contributed by atoms with Crippen molar-refractivity contribution in [3.05, 3.63) is 77.9 Å². The van der Waals surface area contributed by atoms with Crippen LogP contribution >= 0.6 is 12.2 Å². The minimum absolute atomic E-state index is 0.115.